The van der Waals surface area contributed by atoms with Gasteiger partial charge in [-0.2, -0.15) is 0 Å². The van der Waals surface area contributed by atoms with Gasteiger partial charge in [-0.1, -0.05) is 62.7 Å². The number of hydrogen-bond acceptors (Lipinski definition) is 3. The SMILES string of the molecule is CCC(C)[C@@H](c1ccc(NCc2ccccc2)cc1)N1CCNCC1.Cl.Cl. The van der Waals surface area contributed by atoms with Crippen molar-refractivity contribution >= 4 is 30.5 Å². The van der Waals surface area contributed by atoms with Crippen molar-refractivity contribution < 1.29 is 0 Å². The molecule has 1 aliphatic heterocycles. The van der Waals surface area contributed by atoms with Crippen LogP contribution in [0.15, 0.2) is 54.6 Å². The number of nitrogens with one attached hydrogen (secondary N) is 2. The van der Waals surface area contributed by atoms with Gasteiger partial charge >= 0.3 is 0 Å². The fraction of sp³-hybridized carbons (Fsp3) is 0.455. The maximum absolute atomic E-state index is 3.53. The molecule has 2 aromatic rings. The lowest BCUT2D eigenvalue weighted by Gasteiger charge is -2.38. The fourth-order valence-electron chi connectivity index (χ4n) is 3.68. The van der Waals surface area contributed by atoms with Gasteiger partial charge in [0.2, 0.25) is 0 Å². The van der Waals surface area contributed by atoms with Crippen LogP contribution in [-0.2, 0) is 6.54 Å². The Morgan fingerprint density at radius 3 is 2.19 bits per heavy atom. The molecule has 1 heterocycles. The van der Waals surface area contributed by atoms with E-state index in [-0.39, 0.29) is 24.8 Å². The highest BCUT2D eigenvalue weighted by molar-refractivity contribution is 5.85. The maximum atomic E-state index is 3.53. The number of piperazine rings is 1. The van der Waals surface area contributed by atoms with Crippen molar-refractivity contribution in [3.63, 3.8) is 0 Å². The minimum atomic E-state index is 0. The summed E-state index contributed by atoms with van der Waals surface area (Å²) >= 11 is 0. The van der Waals surface area contributed by atoms with E-state index in [2.05, 4.69) is 84.0 Å². The van der Waals surface area contributed by atoms with Crippen LogP contribution in [0.4, 0.5) is 5.69 Å². The van der Waals surface area contributed by atoms with E-state index in [0.29, 0.717) is 12.0 Å². The molecule has 2 N–H and O–H groups in total. The Morgan fingerprint density at radius 2 is 1.59 bits per heavy atom. The van der Waals surface area contributed by atoms with Crippen LogP contribution in [0, 0.1) is 5.92 Å². The van der Waals surface area contributed by atoms with Crippen LogP contribution in [0.25, 0.3) is 0 Å². The molecule has 1 aliphatic rings. The van der Waals surface area contributed by atoms with Crippen molar-refractivity contribution in [3.05, 3.63) is 65.7 Å². The number of hydrogen-bond donors (Lipinski definition) is 2. The Hall–Kier alpha value is -1.26. The third kappa shape index (κ3) is 6.69. The Labute approximate surface area is 176 Å². The predicted octanol–water partition coefficient (Wildman–Crippen LogP) is 5.13. The van der Waals surface area contributed by atoms with Crippen molar-refractivity contribution in [1.29, 1.82) is 0 Å². The van der Waals surface area contributed by atoms with Gasteiger partial charge in [0.25, 0.3) is 0 Å². The van der Waals surface area contributed by atoms with Crippen molar-refractivity contribution in [3.8, 4) is 0 Å². The lowest BCUT2D eigenvalue weighted by Crippen LogP contribution is -2.46. The molecule has 0 aliphatic carbocycles. The molecule has 0 amide bonds. The van der Waals surface area contributed by atoms with Crippen molar-refractivity contribution in [2.24, 2.45) is 5.92 Å². The summed E-state index contributed by atoms with van der Waals surface area (Å²) in [7, 11) is 0. The zero-order valence-electron chi connectivity index (χ0n) is 16.4. The average molecular weight is 410 g/mol. The molecule has 3 nitrogen and oxygen atoms in total. The maximum Gasteiger partial charge on any atom is 0.0400 e. The van der Waals surface area contributed by atoms with Gasteiger partial charge in [0.1, 0.15) is 0 Å². The van der Waals surface area contributed by atoms with E-state index in [1.807, 2.05) is 0 Å². The van der Waals surface area contributed by atoms with Crippen LogP contribution in [0.5, 0.6) is 0 Å². The van der Waals surface area contributed by atoms with Gasteiger partial charge in [-0.05, 0) is 29.2 Å². The molecule has 2 atom stereocenters. The van der Waals surface area contributed by atoms with E-state index >= 15 is 0 Å². The van der Waals surface area contributed by atoms with Gasteiger partial charge < -0.3 is 10.6 Å². The number of nitrogens with zero attached hydrogens (tertiary/aromatic N) is 1. The Kier molecular flexibility index (Phi) is 10.8. The highest BCUT2D eigenvalue weighted by atomic mass is 35.5. The summed E-state index contributed by atoms with van der Waals surface area (Å²) in [4.78, 5) is 2.65. The van der Waals surface area contributed by atoms with Crippen LogP contribution in [0.3, 0.4) is 0 Å². The number of halogens is 2. The van der Waals surface area contributed by atoms with Crippen LogP contribution < -0.4 is 10.6 Å². The first-order valence-corrected chi connectivity index (χ1v) is 9.60. The number of benzene rings is 2. The average Bonchev–Trinajstić information content (AvgIpc) is 2.69. The first kappa shape index (κ1) is 23.8. The summed E-state index contributed by atoms with van der Waals surface area (Å²) in [6, 6.07) is 20.2. The zero-order chi connectivity index (χ0) is 17.5. The third-order valence-corrected chi connectivity index (χ3v) is 5.32. The summed E-state index contributed by atoms with van der Waals surface area (Å²) < 4.78 is 0. The van der Waals surface area contributed by atoms with Gasteiger partial charge in [-0.15, -0.1) is 24.8 Å². The van der Waals surface area contributed by atoms with E-state index in [9.17, 15) is 0 Å². The van der Waals surface area contributed by atoms with Gasteiger partial charge in [0, 0.05) is 44.5 Å². The van der Waals surface area contributed by atoms with Crippen LogP contribution in [0.1, 0.15) is 37.4 Å². The molecule has 1 unspecified atom stereocenters. The lowest BCUT2D eigenvalue weighted by atomic mass is 9.90. The van der Waals surface area contributed by atoms with E-state index in [4.69, 9.17) is 0 Å². The highest BCUT2D eigenvalue weighted by Crippen LogP contribution is 2.31. The Balaban J connectivity index is 0.00000182. The number of anilines is 1. The second-order valence-electron chi connectivity index (χ2n) is 7.08. The first-order chi connectivity index (χ1) is 12.3. The largest absolute Gasteiger partial charge is 0.381 e. The van der Waals surface area contributed by atoms with Crippen LogP contribution in [0.2, 0.25) is 0 Å². The first-order valence-electron chi connectivity index (χ1n) is 9.60. The van der Waals surface area contributed by atoms with Gasteiger partial charge in [-0.3, -0.25) is 4.90 Å². The molecule has 0 spiro atoms. The molecule has 27 heavy (non-hydrogen) atoms. The topological polar surface area (TPSA) is 27.3 Å². The zero-order valence-corrected chi connectivity index (χ0v) is 18.0. The predicted molar refractivity (Wildman–Crippen MR) is 121 cm³/mol. The van der Waals surface area contributed by atoms with Crippen LogP contribution in [-0.4, -0.2) is 31.1 Å². The molecule has 3 rings (SSSR count). The monoisotopic (exact) mass is 409 g/mol. The van der Waals surface area contributed by atoms with Crippen LogP contribution >= 0.6 is 24.8 Å². The highest BCUT2D eigenvalue weighted by Gasteiger charge is 2.26. The third-order valence-electron chi connectivity index (χ3n) is 5.32. The summed E-state index contributed by atoms with van der Waals surface area (Å²) in [5.74, 6) is 0.668. The minimum absolute atomic E-state index is 0. The van der Waals surface area contributed by atoms with Crippen molar-refractivity contribution in [2.45, 2.75) is 32.9 Å². The molecular formula is C22H33Cl2N3. The molecule has 150 valence electrons. The Bertz CT molecular complexity index is 628. The van der Waals surface area contributed by atoms with E-state index < -0.39 is 0 Å². The second-order valence-corrected chi connectivity index (χ2v) is 7.08. The van der Waals surface area contributed by atoms with Crippen molar-refractivity contribution in [2.75, 3.05) is 31.5 Å². The Morgan fingerprint density at radius 1 is 0.963 bits per heavy atom. The van der Waals surface area contributed by atoms with E-state index in [1.165, 1.54) is 23.2 Å². The second kappa shape index (κ2) is 12.2. The van der Waals surface area contributed by atoms with Gasteiger partial charge in [0.05, 0.1) is 0 Å². The summed E-state index contributed by atoms with van der Waals surface area (Å²) in [5, 5.41) is 6.99. The quantitative estimate of drug-likeness (QED) is 0.662. The molecule has 1 fully saturated rings. The molecule has 1 saturated heterocycles. The molecule has 0 radical (unpaired) electrons. The van der Waals surface area contributed by atoms with E-state index in [0.717, 1.165) is 32.7 Å². The standard InChI is InChI=1S/C22H31N3.2ClH/c1-3-18(2)22(25-15-13-23-14-16-25)20-9-11-21(12-10-20)24-17-19-7-5-4-6-8-19;;/h4-12,18,22-24H,3,13-17H2,1-2H3;2*1H/t18?,22-;;/m0../s1. The summed E-state index contributed by atoms with van der Waals surface area (Å²) in [6.45, 7) is 10.0. The summed E-state index contributed by atoms with van der Waals surface area (Å²) in [6.07, 6.45) is 1.21. The van der Waals surface area contributed by atoms with Gasteiger partial charge in [-0.25, -0.2) is 0 Å². The molecule has 0 bridgehead atoms. The lowest BCUT2D eigenvalue weighted by molar-refractivity contribution is 0.128. The van der Waals surface area contributed by atoms with Crippen molar-refractivity contribution in [1.82, 2.24) is 10.2 Å². The van der Waals surface area contributed by atoms with Gasteiger partial charge in [0.15, 0.2) is 0 Å². The van der Waals surface area contributed by atoms with E-state index in [1.54, 1.807) is 0 Å². The summed E-state index contributed by atoms with van der Waals surface area (Å²) in [5.41, 5.74) is 3.95. The molecular weight excluding hydrogens is 377 g/mol. The number of rotatable bonds is 7. The minimum Gasteiger partial charge on any atom is -0.381 e. The normalized spacial score (nSPS) is 16.5. The smallest absolute Gasteiger partial charge is 0.0400 e. The molecule has 0 aromatic heterocycles. The molecule has 0 saturated carbocycles. The fourth-order valence-corrected chi connectivity index (χ4v) is 3.68. The molecule has 2 aromatic carbocycles. The molecule has 5 heteroatoms.